The molecular weight excluding hydrogens is 234 g/mol. The number of aromatic nitrogens is 1. The van der Waals surface area contributed by atoms with Crippen molar-refractivity contribution in [1.82, 2.24) is 4.98 Å². The van der Waals surface area contributed by atoms with Crippen LogP contribution in [0.4, 0.5) is 11.5 Å². The van der Waals surface area contributed by atoms with Crippen LogP contribution in [0.2, 0.25) is 0 Å². The Morgan fingerprint density at radius 2 is 2.22 bits per heavy atom. The molecule has 98 valence electrons. The third-order valence-electron chi connectivity index (χ3n) is 3.16. The third kappa shape index (κ3) is 2.70. The highest BCUT2D eigenvalue weighted by Crippen LogP contribution is 2.26. The van der Waals surface area contributed by atoms with E-state index in [2.05, 4.69) is 10.3 Å². The van der Waals surface area contributed by atoms with Gasteiger partial charge in [0.2, 0.25) is 0 Å². The van der Waals surface area contributed by atoms with Gasteiger partial charge in [0.1, 0.15) is 11.4 Å². The van der Waals surface area contributed by atoms with Crippen LogP contribution >= 0.6 is 0 Å². The van der Waals surface area contributed by atoms with E-state index in [4.69, 9.17) is 15.6 Å². The lowest BCUT2D eigenvalue weighted by atomic mass is 9.92. The predicted molar refractivity (Wildman–Crippen MR) is 67.7 cm³/mol. The molecule has 2 heterocycles. The molecule has 0 unspecified atom stereocenters. The Morgan fingerprint density at radius 1 is 1.56 bits per heavy atom. The van der Waals surface area contributed by atoms with Gasteiger partial charge in [-0.05, 0) is 25.8 Å². The fourth-order valence-corrected chi connectivity index (χ4v) is 1.98. The summed E-state index contributed by atoms with van der Waals surface area (Å²) in [5, 5.41) is 12.4. The monoisotopic (exact) mass is 251 g/mol. The zero-order chi connectivity index (χ0) is 13.2. The standard InChI is InChI=1S/C12H17N3O3/c1-12(2-4-18-5-3-12)15-10-9(11(16)17)6-8(13)7-14-10/h6-7H,2-5,13H2,1H3,(H,14,15)(H,16,17). The van der Waals surface area contributed by atoms with Crippen LogP contribution in [0.3, 0.4) is 0 Å². The molecule has 1 aromatic rings. The molecular formula is C12H17N3O3. The number of aromatic carboxylic acids is 1. The number of hydrogen-bond acceptors (Lipinski definition) is 5. The number of hydrogen-bond donors (Lipinski definition) is 3. The first-order chi connectivity index (χ1) is 8.50. The van der Waals surface area contributed by atoms with Crippen LogP contribution in [0.5, 0.6) is 0 Å². The Balaban J connectivity index is 2.25. The maximum Gasteiger partial charge on any atom is 0.339 e. The van der Waals surface area contributed by atoms with E-state index in [0.717, 1.165) is 12.8 Å². The van der Waals surface area contributed by atoms with E-state index in [0.29, 0.717) is 24.7 Å². The first-order valence-electron chi connectivity index (χ1n) is 5.85. The molecule has 18 heavy (non-hydrogen) atoms. The SMILES string of the molecule is CC1(Nc2ncc(N)cc2C(=O)O)CCOCC1. The van der Waals surface area contributed by atoms with E-state index in [1.54, 1.807) is 0 Å². The summed E-state index contributed by atoms with van der Waals surface area (Å²) in [7, 11) is 0. The van der Waals surface area contributed by atoms with Crippen molar-refractivity contribution < 1.29 is 14.6 Å². The maximum atomic E-state index is 11.2. The van der Waals surface area contributed by atoms with Crippen LogP contribution < -0.4 is 11.1 Å². The highest BCUT2D eigenvalue weighted by Gasteiger charge is 2.29. The first-order valence-corrected chi connectivity index (χ1v) is 5.85. The maximum absolute atomic E-state index is 11.2. The lowest BCUT2D eigenvalue weighted by Crippen LogP contribution is -2.41. The van der Waals surface area contributed by atoms with Gasteiger partial charge < -0.3 is 20.9 Å². The number of nitrogens with zero attached hydrogens (tertiary/aromatic N) is 1. The predicted octanol–water partition coefficient (Wildman–Crippen LogP) is 1.34. The molecule has 6 nitrogen and oxygen atoms in total. The third-order valence-corrected chi connectivity index (χ3v) is 3.16. The second-order valence-electron chi connectivity index (χ2n) is 4.77. The first kappa shape index (κ1) is 12.6. The van der Waals surface area contributed by atoms with E-state index in [1.165, 1.54) is 12.3 Å². The van der Waals surface area contributed by atoms with Crippen molar-refractivity contribution in [3.8, 4) is 0 Å². The lowest BCUT2D eigenvalue weighted by Gasteiger charge is -2.35. The van der Waals surface area contributed by atoms with Crippen LogP contribution in [0.1, 0.15) is 30.1 Å². The molecule has 0 saturated carbocycles. The number of ether oxygens (including phenoxy) is 1. The number of nitrogens with one attached hydrogen (secondary N) is 1. The minimum atomic E-state index is -1.03. The second-order valence-corrected chi connectivity index (χ2v) is 4.77. The summed E-state index contributed by atoms with van der Waals surface area (Å²) in [5.74, 6) is -0.672. The highest BCUT2D eigenvalue weighted by molar-refractivity contribution is 5.94. The van der Waals surface area contributed by atoms with E-state index in [1.807, 2.05) is 6.92 Å². The van der Waals surface area contributed by atoms with E-state index in [-0.39, 0.29) is 11.1 Å². The largest absolute Gasteiger partial charge is 0.478 e. The number of carbonyl (C=O) groups is 1. The van der Waals surface area contributed by atoms with Gasteiger partial charge >= 0.3 is 5.97 Å². The molecule has 1 aromatic heterocycles. The molecule has 0 atom stereocenters. The quantitative estimate of drug-likeness (QED) is 0.750. The fourth-order valence-electron chi connectivity index (χ4n) is 1.98. The zero-order valence-corrected chi connectivity index (χ0v) is 10.3. The molecule has 1 aliphatic rings. The summed E-state index contributed by atoms with van der Waals surface area (Å²) in [6.45, 7) is 3.38. The molecule has 0 spiro atoms. The minimum Gasteiger partial charge on any atom is -0.478 e. The fraction of sp³-hybridized carbons (Fsp3) is 0.500. The highest BCUT2D eigenvalue weighted by atomic mass is 16.5. The van der Waals surface area contributed by atoms with Crippen molar-refractivity contribution in [3.05, 3.63) is 17.8 Å². The van der Waals surface area contributed by atoms with Gasteiger partial charge in [-0.3, -0.25) is 0 Å². The molecule has 0 radical (unpaired) electrons. The van der Waals surface area contributed by atoms with Gasteiger partial charge in [-0.15, -0.1) is 0 Å². The van der Waals surface area contributed by atoms with Crippen LogP contribution in [-0.2, 0) is 4.74 Å². The van der Waals surface area contributed by atoms with E-state index >= 15 is 0 Å². The minimum absolute atomic E-state index is 0.0997. The number of nitrogen functional groups attached to an aromatic ring is 1. The smallest absolute Gasteiger partial charge is 0.339 e. The molecule has 0 bridgehead atoms. The second kappa shape index (κ2) is 4.81. The number of carboxylic acids is 1. The van der Waals surface area contributed by atoms with Gasteiger partial charge in [0, 0.05) is 18.8 Å². The van der Waals surface area contributed by atoms with Gasteiger partial charge in [-0.1, -0.05) is 0 Å². The summed E-state index contributed by atoms with van der Waals surface area (Å²) in [5.41, 5.74) is 5.81. The van der Waals surface area contributed by atoms with Crippen molar-refractivity contribution in [2.45, 2.75) is 25.3 Å². The number of anilines is 2. The Morgan fingerprint density at radius 3 is 2.83 bits per heavy atom. The molecule has 6 heteroatoms. The van der Waals surface area contributed by atoms with Crippen molar-refractivity contribution in [1.29, 1.82) is 0 Å². The lowest BCUT2D eigenvalue weighted by molar-refractivity contribution is 0.0654. The number of rotatable bonds is 3. The van der Waals surface area contributed by atoms with Gasteiger partial charge in [-0.25, -0.2) is 9.78 Å². The van der Waals surface area contributed by atoms with Gasteiger partial charge in [0.15, 0.2) is 0 Å². The van der Waals surface area contributed by atoms with Crippen LogP contribution in [0.25, 0.3) is 0 Å². The average molecular weight is 251 g/mol. The Bertz CT molecular complexity index is 456. The number of carboxylic acid groups (broad SMARTS) is 1. The molecule has 1 saturated heterocycles. The molecule has 1 aliphatic heterocycles. The molecule has 4 N–H and O–H groups in total. The van der Waals surface area contributed by atoms with Crippen LogP contribution in [0, 0.1) is 0 Å². The Kier molecular flexibility index (Phi) is 3.38. The topological polar surface area (TPSA) is 97.5 Å². The summed E-state index contributed by atoms with van der Waals surface area (Å²) in [6, 6.07) is 1.42. The molecule has 0 aliphatic carbocycles. The van der Waals surface area contributed by atoms with Crippen LogP contribution in [-0.4, -0.2) is 34.8 Å². The summed E-state index contributed by atoms with van der Waals surface area (Å²) in [6.07, 6.45) is 3.09. The molecule has 0 aromatic carbocycles. The van der Waals surface area contributed by atoms with E-state index in [9.17, 15) is 4.79 Å². The van der Waals surface area contributed by atoms with Crippen molar-refractivity contribution >= 4 is 17.5 Å². The molecule has 1 fully saturated rings. The van der Waals surface area contributed by atoms with Crippen molar-refractivity contribution in [3.63, 3.8) is 0 Å². The van der Waals surface area contributed by atoms with Gasteiger partial charge in [0.25, 0.3) is 0 Å². The summed E-state index contributed by atoms with van der Waals surface area (Å²) in [4.78, 5) is 15.2. The normalized spacial score (nSPS) is 18.3. The molecule has 2 rings (SSSR count). The molecule has 0 amide bonds. The summed E-state index contributed by atoms with van der Waals surface area (Å²) >= 11 is 0. The summed E-state index contributed by atoms with van der Waals surface area (Å²) < 4.78 is 5.30. The van der Waals surface area contributed by atoms with Crippen molar-refractivity contribution in [2.24, 2.45) is 0 Å². The Labute approximate surface area is 105 Å². The Hall–Kier alpha value is -1.82. The van der Waals surface area contributed by atoms with E-state index < -0.39 is 5.97 Å². The zero-order valence-electron chi connectivity index (χ0n) is 10.3. The van der Waals surface area contributed by atoms with Gasteiger partial charge in [-0.2, -0.15) is 0 Å². The average Bonchev–Trinajstić information content (AvgIpc) is 2.32. The number of nitrogens with two attached hydrogens (primary N) is 1. The van der Waals surface area contributed by atoms with Gasteiger partial charge in [0.05, 0.1) is 11.9 Å². The number of pyridine rings is 1. The van der Waals surface area contributed by atoms with Crippen molar-refractivity contribution in [2.75, 3.05) is 24.3 Å². The van der Waals surface area contributed by atoms with Crippen LogP contribution in [0.15, 0.2) is 12.3 Å².